The highest BCUT2D eigenvalue weighted by molar-refractivity contribution is 5.77. The predicted molar refractivity (Wildman–Crippen MR) is 255 cm³/mol. The molecule has 0 aromatic carbocycles. The van der Waals surface area contributed by atoms with Crippen molar-refractivity contribution in [2.75, 3.05) is 6.61 Å². The molecule has 3 unspecified atom stereocenters. The van der Waals surface area contributed by atoms with Gasteiger partial charge in [0.15, 0.2) is 0 Å². The van der Waals surface area contributed by atoms with Crippen LogP contribution < -0.4 is 5.32 Å². The van der Waals surface area contributed by atoms with Crippen LogP contribution in [0.3, 0.4) is 0 Å². The quantitative estimate of drug-likeness (QED) is 0.0246. The molecule has 0 radical (unpaired) electrons. The van der Waals surface area contributed by atoms with Crippen LogP contribution in [0, 0.1) is 0 Å². The van der Waals surface area contributed by atoms with Crippen molar-refractivity contribution < 1.29 is 24.5 Å². The molecule has 1 amide bonds. The maximum absolute atomic E-state index is 13.2. The van der Waals surface area contributed by atoms with Crippen molar-refractivity contribution in [3.8, 4) is 0 Å². The number of carbonyl (C=O) groups excluding carboxylic acids is 2. The predicted octanol–water partition coefficient (Wildman–Crippen LogP) is 14.6. The highest BCUT2D eigenvalue weighted by Gasteiger charge is 2.24. The van der Waals surface area contributed by atoms with Gasteiger partial charge in [0.25, 0.3) is 0 Å². The van der Waals surface area contributed by atoms with Crippen molar-refractivity contribution in [1.29, 1.82) is 0 Å². The Balaban J connectivity index is 4.72. The van der Waals surface area contributed by atoms with E-state index < -0.39 is 18.2 Å². The standard InChI is InChI=1S/C53H93NO5/c1-4-7-10-13-16-19-22-25-26-27-28-29-32-35-38-41-44-49(59-53(58)46-43-40-37-34-31-24-21-18-15-12-9-6-3)47-52(57)54-50(48-55)51(56)45-42-39-36-33-30-23-20-17-14-11-8-5-2/h10,13,16,18-19,21-22,25-29,49-51,55-56H,4-9,11-12,14-15,17,20,23-24,30-48H2,1-3H3,(H,54,57)/b13-10+,19-16+,21-18-,25-22+,27-26+,29-28+. The number of carbonyl (C=O) groups is 2. The number of amides is 1. The molecule has 0 saturated carbocycles. The molecule has 0 fully saturated rings. The smallest absolute Gasteiger partial charge is 0.306 e. The van der Waals surface area contributed by atoms with Gasteiger partial charge in [-0.15, -0.1) is 0 Å². The average Bonchev–Trinajstić information content (AvgIpc) is 3.23. The summed E-state index contributed by atoms with van der Waals surface area (Å²) in [6.45, 7) is 6.34. The van der Waals surface area contributed by atoms with E-state index in [0.717, 1.165) is 77.0 Å². The third kappa shape index (κ3) is 41.8. The SMILES string of the molecule is CCC/C=C/C=C/C=C/C=C/C=C/CCCCCC(CC(=O)NC(CO)C(O)CCCCCCCCCCCCCC)OC(=O)CCCCCCC/C=C\CCCCC. The summed E-state index contributed by atoms with van der Waals surface area (Å²) in [6.07, 6.45) is 58.1. The van der Waals surface area contributed by atoms with Gasteiger partial charge in [0.1, 0.15) is 6.10 Å². The van der Waals surface area contributed by atoms with Gasteiger partial charge in [0, 0.05) is 6.42 Å². The Labute approximate surface area is 364 Å². The maximum atomic E-state index is 13.2. The second kappa shape index (κ2) is 46.4. The fourth-order valence-electron chi connectivity index (χ4n) is 7.10. The van der Waals surface area contributed by atoms with Crippen LogP contribution in [0.2, 0.25) is 0 Å². The summed E-state index contributed by atoms with van der Waals surface area (Å²) in [4.78, 5) is 26.1. The zero-order chi connectivity index (χ0) is 43.1. The lowest BCUT2D eigenvalue weighted by atomic mass is 10.0. The molecule has 0 aromatic heterocycles. The Kier molecular flexibility index (Phi) is 44.2. The van der Waals surface area contributed by atoms with E-state index in [2.05, 4.69) is 62.5 Å². The molecule has 0 aromatic rings. The van der Waals surface area contributed by atoms with Gasteiger partial charge in [0.2, 0.25) is 5.91 Å². The van der Waals surface area contributed by atoms with E-state index in [-0.39, 0.29) is 24.9 Å². The Bertz CT molecular complexity index is 1110. The first-order chi connectivity index (χ1) is 29.0. The monoisotopic (exact) mass is 824 g/mol. The minimum absolute atomic E-state index is 0.0436. The number of unbranched alkanes of at least 4 members (excludes halogenated alkanes) is 23. The summed E-state index contributed by atoms with van der Waals surface area (Å²) in [5, 5.41) is 23.7. The van der Waals surface area contributed by atoms with Crippen molar-refractivity contribution >= 4 is 11.9 Å². The molecule has 0 aliphatic carbocycles. The Morgan fingerprint density at radius 3 is 1.47 bits per heavy atom. The van der Waals surface area contributed by atoms with Gasteiger partial charge in [-0.05, 0) is 70.6 Å². The van der Waals surface area contributed by atoms with E-state index >= 15 is 0 Å². The zero-order valence-corrected chi connectivity index (χ0v) is 38.6. The van der Waals surface area contributed by atoms with E-state index in [0.29, 0.717) is 19.3 Å². The topological polar surface area (TPSA) is 95.9 Å². The van der Waals surface area contributed by atoms with E-state index in [1.807, 2.05) is 36.5 Å². The summed E-state index contributed by atoms with van der Waals surface area (Å²) < 4.78 is 5.90. The molecule has 0 bridgehead atoms. The van der Waals surface area contributed by atoms with Gasteiger partial charge in [-0.2, -0.15) is 0 Å². The second-order valence-corrected chi connectivity index (χ2v) is 16.6. The van der Waals surface area contributed by atoms with Crippen molar-refractivity contribution in [1.82, 2.24) is 5.32 Å². The van der Waals surface area contributed by atoms with Crippen LogP contribution in [0.5, 0.6) is 0 Å². The summed E-state index contributed by atoms with van der Waals surface area (Å²) >= 11 is 0. The molecule has 0 saturated heterocycles. The van der Waals surface area contributed by atoms with Crippen molar-refractivity contribution in [2.24, 2.45) is 0 Å². The van der Waals surface area contributed by atoms with Gasteiger partial charge < -0.3 is 20.3 Å². The molecular formula is C53H93NO5. The Hall–Kier alpha value is -2.70. The molecule has 3 atom stereocenters. The first kappa shape index (κ1) is 56.3. The van der Waals surface area contributed by atoms with Crippen molar-refractivity contribution in [2.45, 2.75) is 244 Å². The summed E-state index contributed by atoms with van der Waals surface area (Å²) in [6, 6.07) is -0.719. The maximum Gasteiger partial charge on any atom is 0.306 e. The molecule has 6 heteroatoms. The molecule has 0 aliphatic rings. The Morgan fingerprint density at radius 2 is 0.915 bits per heavy atom. The van der Waals surface area contributed by atoms with Crippen LogP contribution in [0.25, 0.3) is 0 Å². The van der Waals surface area contributed by atoms with Crippen LogP contribution in [-0.4, -0.2) is 46.9 Å². The number of aliphatic hydroxyl groups is 2. The molecule has 6 nitrogen and oxygen atoms in total. The highest BCUT2D eigenvalue weighted by Crippen LogP contribution is 2.17. The van der Waals surface area contributed by atoms with Gasteiger partial charge in [-0.25, -0.2) is 0 Å². The van der Waals surface area contributed by atoms with E-state index in [1.54, 1.807) is 0 Å². The minimum Gasteiger partial charge on any atom is -0.462 e. The molecule has 59 heavy (non-hydrogen) atoms. The molecule has 0 heterocycles. The molecule has 0 rings (SSSR count). The lowest BCUT2D eigenvalue weighted by molar-refractivity contribution is -0.151. The average molecular weight is 824 g/mol. The number of hydrogen-bond acceptors (Lipinski definition) is 5. The third-order valence-electron chi connectivity index (χ3n) is 10.9. The van der Waals surface area contributed by atoms with Crippen LogP contribution in [0.15, 0.2) is 72.9 Å². The first-order valence-corrected chi connectivity index (χ1v) is 24.7. The van der Waals surface area contributed by atoms with Crippen molar-refractivity contribution in [3.63, 3.8) is 0 Å². The molecule has 0 spiro atoms. The summed E-state index contributed by atoms with van der Waals surface area (Å²) in [7, 11) is 0. The largest absolute Gasteiger partial charge is 0.462 e. The van der Waals surface area contributed by atoms with E-state index in [1.165, 1.54) is 103 Å². The van der Waals surface area contributed by atoms with Crippen LogP contribution >= 0.6 is 0 Å². The van der Waals surface area contributed by atoms with Crippen molar-refractivity contribution in [3.05, 3.63) is 72.9 Å². The number of rotatable bonds is 43. The van der Waals surface area contributed by atoms with E-state index in [4.69, 9.17) is 4.74 Å². The van der Waals surface area contributed by atoms with Gasteiger partial charge in [-0.1, -0.05) is 216 Å². The van der Waals surface area contributed by atoms with Crippen LogP contribution in [0.1, 0.15) is 226 Å². The number of nitrogens with one attached hydrogen (secondary N) is 1. The van der Waals surface area contributed by atoms with Crippen LogP contribution in [-0.2, 0) is 14.3 Å². The normalized spacial score (nSPS) is 13.9. The number of ether oxygens (including phenoxy) is 1. The lowest BCUT2D eigenvalue weighted by Crippen LogP contribution is -2.46. The molecular weight excluding hydrogens is 731 g/mol. The number of allylic oxidation sites excluding steroid dienone is 12. The fourth-order valence-corrected chi connectivity index (χ4v) is 7.10. The summed E-state index contributed by atoms with van der Waals surface area (Å²) in [5.41, 5.74) is 0. The third-order valence-corrected chi connectivity index (χ3v) is 10.9. The summed E-state index contributed by atoms with van der Waals surface area (Å²) in [5.74, 6) is -0.530. The van der Waals surface area contributed by atoms with Gasteiger partial charge in [0.05, 0.1) is 25.2 Å². The number of aliphatic hydroxyl groups excluding tert-OH is 2. The minimum atomic E-state index is -0.802. The fraction of sp³-hybridized carbons (Fsp3) is 0.736. The van der Waals surface area contributed by atoms with Gasteiger partial charge in [-0.3, -0.25) is 9.59 Å². The molecule has 3 N–H and O–H groups in total. The number of hydrogen-bond donors (Lipinski definition) is 3. The van der Waals surface area contributed by atoms with E-state index in [9.17, 15) is 19.8 Å². The zero-order valence-electron chi connectivity index (χ0n) is 38.6. The van der Waals surface area contributed by atoms with Crippen LogP contribution in [0.4, 0.5) is 0 Å². The second-order valence-electron chi connectivity index (χ2n) is 16.6. The highest BCUT2D eigenvalue weighted by atomic mass is 16.5. The molecule has 340 valence electrons. The lowest BCUT2D eigenvalue weighted by Gasteiger charge is -2.24. The molecule has 0 aliphatic heterocycles. The first-order valence-electron chi connectivity index (χ1n) is 24.7. The number of esters is 1. The van der Waals surface area contributed by atoms with Gasteiger partial charge >= 0.3 is 5.97 Å². The Morgan fingerprint density at radius 1 is 0.492 bits per heavy atom.